The Hall–Kier alpha value is -0.840. The van der Waals surface area contributed by atoms with Crippen LogP contribution in [-0.4, -0.2) is 27.1 Å². The number of alkyl halides is 1. The summed E-state index contributed by atoms with van der Waals surface area (Å²) in [5, 5.41) is 7.14. The van der Waals surface area contributed by atoms with Crippen molar-refractivity contribution in [2.75, 3.05) is 6.54 Å². The van der Waals surface area contributed by atoms with E-state index in [4.69, 9.17) is 0 Å². The molecule has 5 heteroatoms. The van der Waals surface area contributed by atoms with E-state index in [2.05, 4.69) is 33.3 Å². The Morgan fingerprint density at radius 1 is 1.69 bits per heavy atom. The smallest absolute Gasteiger partial charge is 0.254 e. The molecule has 0 aliphatic carbocycles. The Balaban J connectivity index is 2.58. The third-order valence-electron chi connectivity index (χ3n) is 2.31. The maximum atomic E-state index is 11.8. The number of amides is 1. The minimum absolute atomic E-state index is 0.0295. The first-order chi connectivity index (χ1) is 7.54. The molecule has 1 atom stereocenters. The summed E-state index contributed by atoms with van der Waals surface area (Å²) in [6.45, 7) is 4.75. The van der Waals surface area contributed by atoms with Crippen molar-refractivity contribution >= 4 is 21.8 Å². The van der Waals surface area contributed by atoms with Crippen molar-refractivity contribution < 1.29 is 4.79 Å². The molecule has 0 fully saturated rings. The van der Waals surface area contributed by atoms with Crippen molar-refractivity contribution in [3.63, 3.8) is 0 Å². The molecule has 0 aliphatic rings. The Morgan fingerprint density at radius 2 is 2.38 bits per heavy atom. The van der Waals surface area contributed by atoms with Gasteiger partial charge in [0.05, 0.1) is 11.3 Å². The monoisotopic (exact) mass is 287 g/mol. The number of rotatable bonds is 5. The van der Waals surface area contributed by atoms with E-state index < -0.39 is 0 Å². The van der Waals surface area contributed by atoms with Crippen molar-refractivity contribution in [1.29, 1.82) is 0 Å². The second-order valence-electron chi connectivity index (χ2n) is 3.84. The summed E-state index contributed by atoms with van der Waals surface area (Å²) in [6, 6.07) is 0. The lowest BCUT2D eigenvalue weighted by Crippen LogP contribution is -2.26. The number of carbonyl (C=O) groups is 1. The quantitative estimate of drug-likeness (QED) is 0.841. The first kappa shape index (κ1) is 13.2. The van der Waals surface area contributed by atoms with Crippen LogP contribution in [0.3, 0.4) is 0 Å². The fourth-order valence-corrected chi connectivity index (χ4v) is 1.69. The molecule has 0 aromatic carbocycles. The van der Waals surface area contributed by atoms with Gasteiger partial charge in [0.25, 0.3) is 5.91 Å². The van der Waals surface area contributed by atoms with Crippen LogP contribution in [0.5, 0.6) is 0 Å². The first-order valence-corrected chi connectivity index (χ1v) is 6.41. The molecule has 0 spiro atoms. The standard InChI is InChI=1S/C11H18BrN3O/c1-4-10-9(7-15(3)14-10)11(16)13-6-5-8(2)12/h7-8H,4-6H2,1-3H3,(H,13,16). The van der Waals surface area contributed by atoms with E-state index in [9.17, 15) is 4.79 Å². The maximum absolute atomic E-state index is 11.8. The SMILES string of the molecule is CCc1nn(C)cc1C(=O)NCCC(C)Br. The molecular formula is C11H18BrN3O. The molecule has 0 bridgehead atoms. The van der Waals surface area contributed by atoms with E-state index in [1.54, 1.807) is 10.9 Å². The third-order valence-corrected chi connectivity index (χ3v) is 2.77. The summed E-state index contributed by atoms with van der Waals surface area (Å²) in [5.74, 6) is -0.0295. The van der Waals surface area contributed by atoms with E-state index in [0.29, 0.717) is 16.9 Å². The van der Waals surface area contributed by atoms with Gasteiger partial charge in [0.1, 0.15) is 0 Å². The molecular weight excluding hydrogens is 270 g/mol. The Kier molecular flexibility index (Phi) is 4.99. The summed E-state index contributed by atoms with van der Waals surface area (Å²) >= 11 is 3.45. The number of hydrogen-bond donors (Lipinski definition) is 1. The number of aryl methyl sites for hydroxylation is 2. The lowest BCUT2D eigenvalue weighted by atomic mass is 10.2. The summed E-state index contributed by atoms with van der Waals surface area (Å²) in [7, 11) is 1.83. The minimum Gasteiger partial charge on any atom is -0.352 e. The van der Waals surface area contributed by atoms with Gasteiger partial charge in [0.2, 0.25) is 0 Å². The van der Waals surface area contributed by atoms with Crippen molar-refractivity contribution in [3.8, 4) is 0 Å². The van der Waals surface area contributed by atoms with Crippen LogP contribution >= 0.6 is 15.9 Å². The predicted octanol–water partition coefficient (Wildman–Crippen LogP) is 1.89. The van der Waals surface area contributed by atoms with Gasteiger partial charge >= 0.3 is 0 Å². The highest BCUT2D eigenvalue weighted by atomic mass is 79.9. The molecule has 0 radical (unpaired) electrons. The molecule has 0 saturated carbocycles. The molecule has 1 heterocycles. The van der Waals surface area contributed by atoms with Crippen LogP contribution in [0.2, 0.25) is 0 Å². The number of aromatic nitrogens is 2. The van der Waals surface area contributed by atoms with Crippen molar-refractivity contribution in [1.82, 2.24) is 15.1 Å². The van der Waals surface area contributed by atoms with Gasteiger partial charge in [-0.2, -0.15) is 5.10 Å². The van der Waals surface area contributed by atoms with E-state index in [-0.39, 0.29) is 5.91 Å². The van der Waals surface area contributed by atoms with Crippen molar-refractivity contribution in [2.24, 2.45) is 7.05 Å². The van der Waals surface area contributed by atoms with Crippen LogP contribution in [0, 0.1) is 0 Å². The predicted molar refractivity (Wildman–Crippen MR) is 67.9 cm³/mol. The molecule has 1 aromatic heterocycles. The average Bonchev–Trinajstić information content (AvgIpc) is 2.59. The number of carbonyl (C=O) groups excluding carboxylic acids is 1. The van der Waals surface area contributed by atoms with Crippen LogP contribution < -0.4 is 5.32 Å². The average molecular weight is 288 g/mol. The number of nitrogens with one attached hydrogen (secondary N) is 1. The number of halogens is 1. The molecule has 4 nitrogen and oxygen atoms in total. The number of nitrogens with zero attached hydrogens (tertiary/aromatic N) is 2. The van der Waals surface area contributed by atoms with Gasteiger partial charge in [0, 0.05) is 24.6 Å². The van der Waals surface area contributed by atoms with Crippen LogP contribution in [0.4, 0.5) is 0 Å². The first-order valence-electron chi connectivity index (χ1n) is 5.49. The zero-order valence-corrected chi connectivity index (χ0v) is 11.5. The topological polar surface area (TPSA) is 46.9 Å². The Morgan fingerprint density at radius 3 is 2.94 bits per heavy atom. The molecule has 1 rings (SSSR count). The van der Waals surface area contributed by atoms with Crippen molar-refractivity contribution in [3.05, 3.63) is 17.5 Å². The normalized spacial score (nSPS) is 12.5. The lowest BCUT2D eigenvalue weighted by molar-refractivity contribution is 0.0952. The highest BCUT2D eigenvalue weighted by molar-refractivity contribution is 9.09. The Labute approximate surface area is 105 Å². The molecule has 0 aliphatic heterocycles. The second kappa shape index (κ2) is 6.03. The summed E-state index contributed by atoms with van der Waals surface area (Å²) in [4.78, 5) is 12.3. The molecule has 1 unspecified atom stereocenters. The van der Waals surface area contributed by atoms with Gasteiger partial charge < -0.3 is 5.32 Å². The summed E-state index contributed by atoms with van der Waals surface area (Å²) in [6.07, 6.45) is 3.47. The second-order valence-corrected chi connectivity index (χ2v) is 5.41. The fraction of sp³-hybridized carbons (Fsp3) is 0.636. The van der Waals surface area contributed by atoms with Crippen LogP contribution in [-0.2, 0) is 13.5 Å². The molecule has 1 amide bonds. The van der Waals surface area contributed by atoms with Crippen LogP contribution in [0.1, 0.15) is 36.3 Å². The van der Waals surface area contributed by atoms with Gasteiger partial charge in [-0.3, -0.25) is 9.48 Å². The van der Waals surface area contributed by atoms with Gasteiger partial charge in [-0.05, 0) is 12.8 Å². The fourth-order valence-electron chi connectivity index (χ4n) is 1.47. The van der Waals surface area contributed by atoms with E-state index in [1.165, 1.54) is 0 Å². The van der Waals surface area contributed by atoms with E-state index >= 15 is 0 Å². The molecule has 0 saturated heterocycles. The molecule has 1 aromatic rings. The van der Waals surface area contributed by atoms with Gasteiger partial charge in [0.15, 0.2) is 0 Å². The Bertz CT molecular complexity index is 360. The van der Waals surface area contributed by atoms with Gasteiger partial charge in [-0.15, -0.1) is 0 Å². The van der Waals surface area contributed by atoms with Gasteiger partial charge in [-0.1, -0.05) is 29.8 Å². The largest absolute Gasteiger partial charge is 0.352 e. The summed E-state index contributed by atoms with van der Waals surface area (Å²) < 4.78 is 1.68. The zero-order valence-electron chi connectivity index (χ0n) is 9.96. The van der Waals surface area contributed by atoms with E-state index in [1.807, 2.05) is 14.0 Å². The van der Waals surface area contributed by atoms with Crippen LogP contribution in [0.25, 0.3) is 0 Å². The van der Waals surface area contributed by atoms with Gasteiger partial charge in [-0.25, -0.2) is 0 Å². The highest BCUT2D eigenvalue weighted by Crippen LogP contribution is 2.07. The third kappa shape index (κ3) is 3.63. The molecule has 1 N–H and O–H groups in total. The molecule has 16 heavy (non-hydrogen) atoms. The number of hydrogen-bond acceptors (Lipinski definition) is 2. The lowest BCUT2D eigenvalue weighted by Gasteiger charge is -2.05. The minimum atomic E-state index is -0.0295. The highest BCUT2D eigenvalue weighted by Gasteiger charge is 2.13. The van der Waals surface area contributed by atoms with Crippen LogP contribution in [0.15, 0.2) is 6.20 Å². The summed E-state index contributed by atoms with van der Waals surface area (Å²) in [5.41, 5.74) is 1.54. The zero-order chi connectivity index (χ0) is 12.1. The van der Waals surface area contributed by atoms with E-state index in [0.717, 1.165) is 18.5 Å². The molecule has 90 valence electrons. The van der Waals surface area contributed by atoms with Crippen molar-refractivity contribution in [2.45, 2.75) is 31.5 Å². The maximum Gasteiger partial charge on any atom is 0.254 e.